The van der Waals surface area contributed by atoms with Crippen molar-refractivity contribution >= 4 is 28.6 Å². The van der Waals surface area contributed by atoms with Crippen LogP contribution < -0.4 is 4.74 Å². The lowest BCUT2D eigenvalue weighted by atomic mass is 9.85. The molecule has 0 bridgehead atoms. The monoisotopic (exact) mass is 374 g/mol. The van der Waals surface area contributed by atoms with Gasteiger partial charge in [0, 0.05) is 3.57 Å². The van der Waals surface area contributed by atoms with Crippen LogP contribution in [0.25, 0.3) is 0 Å². The molecular formula is C15H19IO3. The highest BCUT2D eigenvalue weighted by Gasteiger charge is 2.23. The minimum Gasteiger partial charge on any atom is -0.490 e. The van der Waals surface area contributed by atoms with E-state index >= 15 is 0 Å². The predicted octanol–water partition coefficient (Wildman–Crippen LogP) is 4.34. The van der Waals surface area contributed by atoms with E-state index in [1.165, 1.54) is 19.3 Å². The van der Waals surface area contributed by atoms with Gasteiger partial charge in [0.1, 0.15) is 11.3 Å². The summed E-state index contributed by atoms with van der Waals surface area (Å²) in [4.78, 5) is 11.3. The van der Waals surface area contributed by atoms with Gasteiger partial charge in [0.2, 0.25) is 0 Å². The van der Waals surface area contributed by atoms with Crippen LogP contribution in [0.2, 0.25) is 0 Å². The maximum atomic E-state index is 11.3. The first kappa shape index (κ1) is 14.6. The SMILES string of the molecule is CCC1CCCC(Oc2ccc(I)cc2C(=O)O)C1. The molecule has 1 fully saturated rings. The van der Waals surface area contributed by atoms with E-state index in [-0.39, 0.29) is 11.7 Å². The number of carboxylic acids is 1. The molecule has 0 aromatic heterocycles. The summed E-state index contributed by atoms with van der Waals surface area (Å²) in [5.74, 6) is 0.307. The third kappa shape index (κ3) is 3.84. The van der Waals surface area contributed by atoms with E-state index in [4.69, 9.17) is 4.74 Å². The van der Waals surface area contributed by atoms with E-state index in [1.807, 2.05) is 6.07 Å². The molecule has 104 valence electrons. The van der Waals surface area contributed by atoms with E-state index in [1.54, 1.807) is 12.1 Å². The molecule has 1 aromatic carbocycles. The summed E-state index contributed by atoms with van der Waals surface area (Å²) >= 11 is 2.12. The van der Waals surface area contributed by atoms with Crippen molar-refractivity contribution in [3.8, 4) is 5.75 Å². The number of carboxylic acid groups (broad SMARTS) is 1. The average Bonchev–Trinajstić information content (AvgIpc) is 2.41. The molecule has 0 saturated heterocycles. The number of aromatic carboxylic acids is 1. The summed E-state index contributed by atoms with van der Waals surface area (Å²) in [7, 11) is 0. The molecule has 0 heterocycles. The van der Waals surface area contributed by atoms with Crippen molar-refractivity contribution in [3.05, 3.63) is 27.3 Å². The van der Waals surface area contributed by atoms with Gasteiger partial charge in [0.05, 0.1) is 6.10 Å². The molecule has 0 radical (unpaired) electrons. The molecule has 1 aliphatic rings. The molecule has 0 spiro atoms. The molecule has 2 unspecified atom stereocenters. The van der Waals surface area contributed by atoms with Crippen molar-refractivity contribution in [1.29, 1.82) is 0 Å². The topological polar surface area (TPSA) is 46.5 Å². The fourth-order valence-electron chi connectivity index (χ4n) is 2.67. The van der Waals surface area contributed by atoms with Crippen molar-refractivity contribution in [3.63, 3.8) is 0 Å². The number of rotatable bonds is 4. The predicted molar refractivity (Wildman–Crippen MR) is 82.8 cm³/mol. The molecule has 3 nitrogen and oxygen atoms in total. The Morgan fingerprint density at radius 1 is 1.47 bits per heavy atom. The summed E-state index contributed by atoms with van der Waals surface area (Å²) < 4.78 is 6.86. The van der Waals surface area contributed by atoms with Crippen LogP contribution >= 0.6 is 22.6 Å². The summed E-state index contributed by atoms with van der Waals surface area (Å²) in [6, 6.07) is 5.33. The molecule has 19 heavy (non-hydrogen) atoms. The van der Waals surface area contributed by atoms with Crippen LogP contribution in [0.5, 0.6) is 5.75 Å². The number of ether oxygens (including phenoxy) is 1. The number of halogens is 1. The van der Waals surface area contributed by atoms with Crippen molar-refractivity contribution in [1.82, 2.24) is 0 Å². The molecule has 0 aliphatic heterocycles. The lowest BCUT2D eigenvalue weighted by molar-refractivity contribution is 0.0682. The number of carbonyl (C=O) groups is 1. The zero-order chi connectivity index (χ0) is 13.8. The van der Waals surface area contributed by atoms with Crippen LogP contribution in [0.4, 0.5) is 0 Å². The molecule has 1 aromatic rings. The van der Waals surface area contributed by atoms with Gasteiger partial charge < -0.3 is 9.84 Å². The summed E-state index contributed by atoms with van der Waals surface area (Å²) in [6.07, 6.45) is 5.86. The van der Waals surface area contributed by atoms with Crippen molar-refractivity contribution < 1.29 is 14.6 Å². The Bertz CT molecular complexity index is 459. The molecule has 2 atom stereocenters. The number of benzene rings is 1. The van der Waals surface area contributed by atoms with E-state index in [2.05, 4.69) is 29.5 Å². The van der Waals surface area contributed by atoms with Crippen molar-refractivity contribution in [2.75, 3.05) is 0 Å². The third-order valence-corrected chi connectivity index (χ3v) is 4.45. The Balaban J connectivity index is 2.12. The molecular weight excluding hydrogens is 355 g/mol. The van der Waals surface area contributed by atoms with Crippen LogP contribution in [0, 0.1) is 9.49 Å². The molecule has 2 rings (SSSR count). The smallest absolute Gasteiger partial charge is 0.339 e. The Kier molecular flexibility index (Phi) is 5.07. The minimum atomic E-state index is -0.920. The molecule has 1 aliphatic carbocycles. The molecule has 1 saturated carbocycles. The highest BCUT2D eigenvalue weighted by molar-refractivity contribution is 14.1. The van der Waals surface area contributed by atoms with Gasteiger partial charge in [-0.3, -0.25) is 0 Å². The van der Waals surface area contributed by atoms with E-state index in [0.717, 1.165) is 22.3 Å². The van der Waals surface area contributed by atoms with Gasteiger partial charge in [-0.25, -0.2) is 4.79 Å². The summed E-state index contributed by atoms with van der Waals surface area (Å²) in [5, 5.41) is 9.23. The molecule has 0 amide bonds. The Morgan fingerprint density at radius 2 is 2.26 bits per heavy atom. The summed E-state index contributed by atoms with van der Waals surface area (Å²) in [6.45, 7) is 2.21. The normalized spacial score (nSPS) is 23.1. The van der Waals surface area contributed by atoms with Gasteiger partial charge in [-0.05, 0) is 66.0 Å². The van der Waals surface area contributed by atoms with Crippen molar-refractivity contribution in [2.24, 2.45) is 5.92 Å². The maximum absolute atomic E-state index is 11.3. The number of hydrogen-bond donors (Lipinski definition) is 1. The van der Waals surface area contributed by atoms with E-state index < -0.39 is 5.97 Å². The maximum Gasteiger partial charge on any atom is 0.339 e. The fraction of sp³-hybridized carbons (Fsp3) is 0.533. The van der Waals surface area contributed by atoms with Gasteiger partial charge >= 0.3 is 5.97 Å². The molecule has 1 N–H and O–H groups in total. The van der Waals surface area contributed by atoms with Gasteiger partial charge in [-0.15, -0.1) is 0 Å². The van der Waals surface area contributed by atoms with Gasteiger partial charge in [0.25, 0.3) is 0 Å². The van der Waals surface area contributed by atoms with Crippen LogP contribution in [-0.4, -0.2) is 17.2 Å². The second-order valence-corrected chi connectivity index (χ2v) is 6.37. The van der Waals surface area contributed by atoms with Crippen LogP contribution in [0.15, 0.2) is 18.2 Å². The first-order valence-electron chi connectivity index (χ1n) is 6.79. The van der Waals surface area contributed by atoms with Crippen LogP contribution in [0.1, 0.15) is 49.4 Å². The largest absolute Gasteiger partial charge is 0.490 e. The fourth-order valence-corrected chi connectivity index (χ4v) is 3.16. The Hall–Kier alpha value is -0.780. The van der Waals surface area contributed by atoms with Gasteiger partial charge in [-0.1, -0.05) is 19.8 Å². The van der Waals surface area contributed by atoms with E-state index in [0.29, 0.717) is 5.75 Å². The minimum absolute atomic E-state index is 0.164. The quantitative estimate of drug-likeness (QED) is 0.798. The average molecular weight is 374 g/mol. The number of hydrogen-bond acceptors (Lipinski definition) is 2. The van der Waals surface area contributed by atoms with Crippen LogP contribution in [0.3, 0.4) is 0 Å². The molecule has 4 heteroatoms. The summed E-state index contributed by atoms with van der Waals surface area (Å²) in [5.41, 5.74) is 0.269. The zero-order valence-corrected chi connectivity index (χ0v) is 13.2. The van der Waals surface area contributed by atoms with Crippen LogP contribution in [-0.2, 0) is 0 Å². The highest BCUT2D eigenvalue weighted by atomic mass is 127. The zero-order valence-electron chi connectivity index (χ0n) is 11.1. The second kappa shape index (κ2) is 6.59. The first-order valence-corrected chi connectivity index (χ1v) is 7.87. The Labute approximate surface area is 127 Å². The standard InChI is InChI=1S/C15H19IO3/c1-2-10-4-3-5-12(8-10)19-14-7-6-11(16)9-13(14)15(17)18/h6-7,9-10,12H,2-5,8H2,1H3,(H,17,18). The van der Waals surface area contributed by atoms with Gasteiger partial charge in [-0.2, -0.15) is 0 Å². The van der Waals surface area contributed by atoms with Gasteiger partial charge in [0.15, 0.2) is 0 Å². The van der Waals surface area contributed by atoms with E-state index in [9.17, 15) is 9.90 Å². The third-order valence-electron chi connectivity index (χ3n) is 3.78. The second-order valence-electron chi connectivity index (χ2n) is 5.13. The lowest BCUT2D eigenvalue weighted by Crippen LogP contribution is -2.25. The Morgan fingerprint density at radius 3 is 2.95 bits per heavy atom. The first-order chi connectivity index (χ1) is 9.10. The highest BCUT2D eigenvalue weighted by Crippen LogP contribution is 2.31. The van der Waals surface area contributed by atoms with Crippen molar-refractivity contribution in [2.45, 2.75) is 45.1 Å². The lowest BCUT2D eigenvalue weighted by Gasteiger charge is -2.29.